The summed E-state index contributed by atoms with van der Waals surface area (Å²) in [7, 11) is 1.09. The summed E-state index contributed by atoms with van der Waals surface area (Å²) in [5, 5.41) is 0. The maximum atomic E-state index is 12.9. The Kier molecular flexibility index (Phi) is 6.10. The van der Waals surface area contributed by atoms with Crippen LogP contribution in [0.2, 0.25) is 0 Å². The van der Waals surface area contributed by atoms with Crippen LogP contribution in [-0.4, -0.2) is 37.8 Å². The van der Waals surface area contributed by atoms with Crippen molar-refractivity contribution < 1.29 is 45.8 Å². The Morgan fingerprint density at radius 3 is 2.21 bits per heavy atom. The van der Waals surface area contributed by atoms with E-state index < -0.39 is 29.8 Å². The fourth-order valence-electron chi connectivity index (χ4n) is 1.56. The Balaban J connectivity index is 2.97. The van der Waals surface area contributed by atoms with Crippen LogP contribution < -0.4 is 9.47 Å². The molecule has 0 heterocycles. The fraction of sp³-hybridized carbons (Fsp3) is 0.429. The first-order valence-electron chi connectivity index (χ1n) is 6.52. The molecule has 134 valence electrons. The predicted octanol–water partition coefficient (Wildman–Crippen LogP) is 2.90. The molecule has 0 radical (unpaired) electrons. The molecule has 0 aliphatic heterocycles. The van der Waals surface area contributed by atoms with Crippen LogP contribution >= 0.6 is 0 Å². The van der Waals surface area contributed by atoms with E-state index >= 15 is 0 Å². The molecule has 0 saturated carbocycles. The molecule has 5 nitrogen and oxygen atoms in total. The summed E-state index contributed by atoms with van der Waals surface area (Å²) in [6, 6.07) is 3.30. The summed E-state index contributed by atoms with van der Waals surface area (Å²) in [5.41, 5.74) is 0.327. The lowest BCUT2D eigenvalue weighted by Crippen LogP contribution is -2.46. The van der Waals surface area contributed by atoms with Gasteiger partial charge in [-0.25, -0.2) is 4.79 Å². The second-order valence-corrected chi connectivity index (χ2v) is 4.43. The third-order valence-corrected chi connectivity index (χ3v) is 2.70. The third-order valence-electron chi connectivity index (χ3n) is 2.70. The van der Waals surface area contributed by atoms with E-state index in [2.05, 4.69) is 4.74 Å². The Labute approximate surface area is 133 Å². The van der Waals surface area contributed by atoms with Crippen molar-refractivity contribution in [2.45, 2.75) is 25.4 Å². The highest BCUT2D eigenvalue weighted by atomic mass is 19.4. The number of carbonyl (C=O) groups excluding carboxylic acids is 2. The van der Waals surface area contributed by atoms with Gasteiger partial charge in [0.25, 0.3) is 0 Å². The number of ether oxygens (including phenoxy) is 3. The van der Waals surface area contributed by atoms with Gasteiger partial charge in [0.05, 0.1) is 20.1 Å². The van der Waals surface area contributed by atoms with Gasteiger partial charge in [-0.1, -0.05) is 6.07 Å². The average Bonchev–Trinajstić information content (AvgIpc) is 2.47. The molecule has 10 heteroatoms. The van der Waals surface area contributed by atoms with Crippen LogP contribution in [0.25, 0.3) is 0 Å². The van der Waals surface area contributed by atoms with Crippen molar-refractivity contribution >= 4 is 11.9 Å². The van der Waals surface area contributed by atoms with Gasteiger partial charge >= 0.3 is 24.0 Å². The summed E-state index contributed by atoms with van der Waals surface area (Å²) in [6.07, 6.45) is -6.27. The second-order valence-electron chi connectivity index (χ2n) is 4.43. The molecule has 0 fully saturated rings. The van der Waals surface area contributed by atoms with E-state index in [4.69, 9.17) is 9.47 Å². The lowest BCUT2D eigenvalue weighted by atomic mass is 10.1. The van der Waals surface area contributed by atoms with Crippen LogP contribution in [0.15, 0.2) is 18.2 Å². The Morgan fingerprint density at radius 1 is 1.08 bits per heavy atom. The van der Waals surface area contributed by atoms with Crippen molar-refractivity contribution in [1.82, 2.24) is 0 Å². The molecule has 24 heavy (non-hydrogen) atoms. The van der Waals surface area contributed by atoms with E-state index in [-0.39, 0.29) is 18.8 Å². The first kappa shape index (κ1) is 19.7. The number of hydrogen-bond donors (Lipinski definition) is 0. The van der Waals surface area contributed by atoms with E-state index in [0.717, 1.165) is 19.2 Å². The van der Waals surface area contributed by atoms with Gasteiger partial charge < -0.3 is 14.2 Å². The topological polar surface area (TPSA) is 61.8 Å². The van der Waals surface area contributed by atoms with Crippen LogP contribution in [0.3, 0.4) is 0 Å². The smallest absolute Gasteiger partial charge is 0.465 e. The van der Waals surface area contributed by atoms with Gasteiger partial charge in [-0.05, 0) is 24.6 Å². The molecule has 0 saturated heterocycles. The second kappa shape index (κ2) is 7.45. The predicted molar refractivity (Wildman–Crippen MR) is 70.0 cm³/mol. The molecule has 1 rings (SSSR count). The van der Waals surface area contributed by atoms with Gasteiger partial charge in [0, 0.05) is 0 Å². The molecule has 0 atom stereocenters. The highest BCUT2D eigenvalue weighted by Gasteiger charge is 2.65. The minimum atomic E-state index is -6.08. The minimum Gasteiger partial charge on any atom is -0.493 e. The molecule has 0 aliphatic rings. The van der Waals surface area contributed by atoms with Crippen LogP contribution in [0.4, 0.5) is 22.0 Å². The van der Waals surface area contributed by atoms with Crippen LogP contribution in [0.1, 0.15) is 12.5 Å². The summed E-state index contributed by atoms with van der Waals surface area (Å²) >= 11 is 0. The molecule has 0 spiro atoms. The molecule has 0 aliphatic carbocycles. The van der Waals surface area contributed by atoms with Crippen LogP contribution in [0, 0.1) is 0 Å². The van der Waals surface area contributed by atoms with Crippen molar-refractivity contribution in [1.29, 1.82) is 0 Å². The number of halogens is 5. The van der Waals surface area contributed by atoms with Gasteiger partial charge in [0.1, 0.15) is 0 Å². The van der Waals surface area contributed by atoms with E-state index in [1.54, 1.807) is 6.92 Å². The Morgan fingerprint density at radius 2 is 1.71 bits per heavy atom. The summed E-state index contributed by atoms with van der Waals surface area (Å²) in [5.74, 6) is -9.96. The van der Waals surface area contributed by atoms with Gasteiger partial charge in [-0.2, -0.15) is 22.0 Å². The summed E-state index contributed by atoms with van der Waals surface area (Å²) in [6.45, 7) is 1.75. The largest absolute Gasteiger partial charge is 0.493 e. The third kappa shape index (κ3) is 4.56. The molecule has 0 unspecified atom stereocenters. The number of rotatable bonds is 6. The van der Waals surface area contributed by atoms with Crippen molar-refractivity contribution in [3.63, 3.8) is 0 Å². The van der Waals surface area contributed by atoms with E-state index in [1.807, 2.05) is 0 Å². The molecule has 0 N–H and O–H groups in total. The Hall–Kier alpha value is -2.39. The van der Waals surface area contributed by atoms with Gasteiger partial charge in [0.2, 0.25) is 0 Å². The first-order chi connectivity index (χ1) is 11.0. The molecule has 0 bridgehead atoms. The number of esters is 2. The van der Waals surface area contributed by atoms with Crippen LogP contribution in [-0.2, 0) is 20.7 Å². The standard InChI is InChI=1S/C14H13F5O5/c1-3-23-11(20)7-8-4-5-9(10(6-8)22-2)24-12(21)13(15,16)14(17,18)19/h4-6H,3,7H2,1-2H3. The van der Waals surface area contributed by atoms with E-state index in [9.17, 15) is 31.5 Å². The van der Waals surface area contributed by atoms with Crippen LogP contribution in [0.5, 0.6) is 11.5 Å². The zero-order valence-corrected chi connectivity index (χ0v) is 12.6. The number of benzene rings is 1. The Bertz CT molecular complexity index is 612. The van der Waals surface area contributed by atoms with Crippen molar-refractivity contribution in [3.8, 4) is 11.5 Å². The zero-order valence-electron chi connectivity index (χ0n) is 12.6. The average molecular weight is 356 g/mol. The quantitative estimate of drug-likeness (QED) is 0.446. The molecule has 0 aromatic heterocycles. The SMILES string of the molecule is CCOC(=O)Cc1ccc(OC(=O)C(F)(F)C(F)(F)F)c(OC)c1. The zero-order chi connectivity index (χ0) is 18.5. The fourth-order valence-corrected chi connectivity index (χ4v) is 1.56. The highest BCUT2D eigenvalue weighted by molar-refractivity contribution is 5.81. The summed E-state index contributed by atoms with van der Waals surface area (Å²) in [4.78, 5) is 22.4. The van der Waals surface area contributed by atoms with Crippen molar-refractivity contribution in [3.05, 3.63) is 23.8 Å². The number of hydrogen-bond acceptors (Lipinski definition) is 5. The maximum absolute atomic E-state index is 12.9. The minimum absolute atomic E-state index is 0.151. The van der Waals surface area contributed by atoms with E-state index in [1.165, 1.54) is 6.07 Å². The van der Waals surface area contributed by atoms with Gasteiger partial charge in [-0.3, -0.25) is 4.79 Å². The molecular weight excluding hydrogens is 343 g/mol. The summed E-state index contributed by atoms with van der Waals surface area (Å²) < 4.78 is 75.7. The number of alkyl halides is 5. The normalized spacial score (nSPS) is 11.8. The maximum Gasteiger partial charge on any atom is 0.465 e. The number of methoxy groups -OCH3 is 1. The van der Waals surface area contributed by atoms with E-state index in [0.29, 0.717) is 5.56 Å². The molecular formula is C14H13F5O5. The molecule has 1 aromatic carbocycles. The monoisotopic (exact) mass is 356 g/mol. The molecule has 0 amide bonds. The van der Waals surface area contributed by atoms with Gasteiger partial charge in [-0.15, -0.1) is 0 Å². The highest BCUT2D eigenvalue weighted by Crippen LogP contribution is 2.38. The van der Waals surface area contributed by atoms with Crippen molar-refractivity contribution in [2.24, 2.45) is 0 Å². The lowest BCUT2D eigenvalue weighted by Gasteiger charge is -2.18. The first-order valence-corrected chi connectivity index (χ1v) is 6.52. The van der Waals surface area contributed by atoms with Crippen molar-refractivity contribution in [2.75, 3.05) is 13.7 Å². The molecule has 1 aromatic rings. The van der Waals surface area contributed by atoms with Gasteiger partial charge in [0.15, 0.2) is 11.5 Å². The number of carbonyl (C=O) groups is 2. The lowest BCUT2D eigenvalue weighted by molar-refractivity contribution is -0.276.